The molecule has 0 radical (unpaired) electrons. The Kier molecular flexibility index (Phi) is 4.08. The molecule has 2 aromatic carbocycles. The molecule has 4 rings (SSSR count). The molecule has 0 bridgehead atoms. The number of nitrogens with zero attached hydrogens (tertiary/aromatic N) is 2. The maximum absolute atomic E-state index is 12.6. The van der Waals surface area contributed by atoms with Gasteiger partial charge in [-0.3, -0.25) is 14.2 Å². The van der Waals surface area contributed by atoms with Crippen LogP contribution in [0.25, 0.3) is 5.69 Å². The lowest BCUT2D eigenvalue weighted by Crippen LogP contribution is -2.40. The van der Waals surface area contributed by atoms with E-state index in [9.17, 15) is 9.59 Å². The van der Waals surface area contributed by atoms with E-state index in [4.69, 9.17) is 9.47 Å². The molecular formula is C20H18N2O4. The lowest BCUT2D eigenvalue weighted by atomic mass is 10.1. The van der Waals surface area contributed by atoms with Crippen LogP contribution in [0.1, 0.15) is 11.1 Å². The van der Waals surface area contributed by atoms with Crippen LogP contribution in [-0.2, 0) is 6.54 Å². The minimum atomic E-state index is -0.601. The molecular weight excluding hydrogens is 332 g/mol. The Morgan fingerprint density at radius 2 is 1.62 bits per heavy atom. The Bertz CT molecular complexity index is 1060. The van der Waals surface area contributed by atoms with Crippen LogP contribution in [0.4, 0.5) is 0 Å². The number of ether oxygens (including phenoxy) is 2. The second-order valence-corrected chi connectivity index (χ2v) is 6.22. The maximum atomic E-state index is 12.6. The summed E-state index contributed by atoms with van der Waals surface area (Å²) in [6, 6.07) is 13.1. The first-order valence-corrected chi connectivity index (χ1v) is 8.39. The zero-order valence-electron chi connectivity index (χ0n) is 14.3. The third-order valence-electron chi connectivity index (χ3n) is 4.34. The average molecular weight is 350 g/mol. The first kappa shape index (κ1) is 16.2. The van der Waals surface area contributed by atoms with Gasteiger partial charge in [-0.1, -0.05) is 29.8 Å². The van der Waals surface area contributed by atoms with E-state index in [0.29, 0.717) is 36.9 Å². The Labute approximate surface area is 149 Å². The van der Waals surface area contributed by atoms with Gasteiger partial charge in [-0.2, -0.15) is 0 Å². The summed E-state index contributed by atoms with van der Waals surface area (Å²) in [6.07, 6.45) is 3.23. The Morgan fingerprint density at radius 3 is 2.38 bits per heavy atom. The largest absolute Gasteiger partial charge is 0.486 e. The molecule has 0 amide bonds. The highest BCUT2D eigenvalue weighted by Crippen LogP contribution is 2.31. The van der Waals surface area contributed by atoms with Crippen molar-refractivity contribution < 1.29 is 9.47 Å². The van der Waals surface area contributed by atoms with Gasteiger partial charge in [0.15, 0.2) is 11.5 Å². The predicted molar refractivity (Wildman–Crippen MR) is 97.6 cm³/mol. The summed E-state index contributed by atoms with van der Waals surface area (Å²) in [4.78, 5) is 25.1. The third kappa shape index (κ3) is 3.01. The van der Waals surface area contributed by atoms with Gasteiger partial charge in [0, 0.05) is 18.5 Å². The van der Waals surface area contributed by atoms with Crippen LogP contribution in [0.5, 0.6) is 11.5 Å². The SMILES string of the molecule is Cc1ccc(Cn2ccn(-c3ccc4c(c3)OCCO4)c(=O)c2=O)cc1. The summed E-state index contributed by atoms with van der Waals surface area (Å²) in [5.41, 5.74) is 1.52. The number of benzene rings is 2. The molecule has 0 atom stereocenters. The zero-order valence-corrected chi connectivity index (χ0v) is 14.3. The fourth-order valence-electron chi connectivity index (χ4n) is 2.91. The number of rotatable bonds is 3. The second-order valence-electron chi connectivity index (χ2n) is 6.22. The van der Waals surface area contributed by atoms with Crippen molar-refractivity contribution in [1.82, 2.24) is 9.13 Å². The zero-order chi connectivity index (χ0) is 18.1. The number of aryl methyl sites for hydroxylation is 1. The van der Waals surface area contributed by atoms with Crippen LogP contribution < -0.4 is 20.6 Å². The van der Waals surface area contributed by atoms with Gasteiger partial charge in [-0.05, 0) is 24.6 Å². The first-order chi connectivity index (χ1) is 12.6. The van der Waals surface area contributed by atoms with E-state index in [-0.39, 0.29) is 0 Å². The highest BCUT2D eigenvalue weighted by Gasteiger charge is 2.14. The van der Waals surface area contributed by atoms with Crippen molar-refractivity contribution in [2.75, 3.05) is 13.2 Å². The number of hydrogen-bond donors (Lipinski definition) is 0. The molecule has 2 heterocycles. The molecule has 3 aromatic rings. The molecule has 0 aliphatic carbocycles. The fraction of sp³-hybridized carbons (Fsp3) is 0.200. The van der Waals surface area contributed by atoms with E-state index in [0.717, 1.165) is 11.1 Å². The molecule has 132 valence electrons. The van der Waals surface area contributed by atoms with Gasteiger partial charge >= 0.3 is 11.1 Å². The molecule has 0 fully saturated rings. The first-order valence-electron chi connectivity index (χ1n) is 8.39. The Morgan fingerprint density at radius 1 is 0.885 bits per heavy atom. The normalized spacial score (nSPS) is 12.8. The summed E-state index contributed by atoms with van der Waals surface area (Å²) in [5.74, 6) is 1.21. The van der Waals surface area contributed by atoms with Crippen LogP contribution in [-0.4, -0.2) is 22.3 Å². The molecule has 1 aliphatic rings. The van der Waals surface area contributed by atoms with Crippen molar-refractivity contribution in [3.05, 3.63) is 86.7 Å². The van der Waals surface area contributed by atoms with Gasteiger partial charge in [0.2, 0.25) is 0 Å². The van der Waals surface area contributed by atoms with Crippen LogP contribution in [0.15, 0.2) is 64.4 Å². The maximum Gasteiger partial charge on any atom is 0.320 e. The van der Waals surface area contributed by atoms with Crippen molar-refractivity contribution in [2.45, 2.75) is 13.5 Å². The molecule has 26 heavy (non-hydrogen) atoms. The fourth-order valence-corrected chi connectivity index (χ4v) is 2.91. The number of fused-ring (bicyclic) bond motifs is 1. The highest BCUT2D eigenvalue weighted by atomic mass is 16.6. The lowest BCUT2D eigenvalue weighted by molar-refractivity contribution is 0.171. The average Bonchev–Trinajstić information content (AvgIpc) is 2.67. The van der Waals surface area contributed by atoms with E-state index in [1.54, 1.807) is 30.6 Å². The highest BCUT2D eigenvalue weighted by molar-refractivity contribution is 5.49. The van der Waals surface area contributed by atoms with Crippen LogP contribution in [0, 0.1) is 6.92 Å². The second kappa shape index (κ2) is 6.55. The molecule has 0 unspecified atom stereocenters. The van der Waals surface area contributed by atoms with Crippen molar-refractivity contribution in [1.29, 1.82) is 0 Å². The number of aromatic nitrogens is 2. The van der Waals surface area contributed by atoms with E-state index < -0.39 is 11.1 Å². The monoisotopic (exact) mass is 350 g/mol. The van der Waals surface area contributed by atoms with Crippen molar-refractivity contribution in [2.24, 2.45) is 0 Å². The summed E-state index contributed by atoms with van der Waals surface area (Å²) in [6.45, 7) is 3.33. The predicted octanol–water partition coefficient (Wildman–Crippen LogP) is 2.13. The van der Waals surface area contributed by atoms with Crippen LogP contribution in [0.3, 0.4) is 0 Å². The molecule has 0 N–H and O–H groups in total. The van der Waals surface area contributed by atoms with Crippen molar-refractivity contribution in [3.63, 3.8) is 0 Å². The summed E-state index contributed by atoms with van der Waals surface area (Å²) in [7, 11) is 0. The molecule has 0 spiro atoms. The van der Waals surface area contributed by atoms with Crippen molar-refractivity contribution >= 4 is 0 Å². The quantitative estimate of drug-likeness (QED) is 0.679. The molecule has 1 aromatic heterocycles. The summed E-state index contributed by atoms with van der Waals surface area (Å²) < 4.78 is 13.8. The standard InChI is InChI=1S/C20H18N2O4/c1-14-2-4-15(5-3-14)13-21-8-9-22(20(24)19(21)23)16-6-7-17-18(12-16)26-11-10-25-17/h2-9,12H,10-11,13H2,1H3. The van der Waals surface area contributed by atoms with E-state index in [1.165, 1.54) is 9.13 Å². The Hall–Kier alpha value is -3.28. The lowest BCUT2D eigenvalue weighted by Gasteiger charge is -2.19. The number of hydrogen-bond acceptors (Lipinski definition) is 4. The van der Waals surface area contributed by atoms with Gasteiger partial charge in [0.25, 0.3) is 0 Å². The van der Waals surface area contributed by atoms with E-state index in [1.807, 2.05) is 31.2 Å². The summed E-state index contributed by atoms with van der Waals surface area (Å²) in [5, 5.41) is 0. The van der Waals surface area contributed by atoms with Gasteiger partial charge < -0.3 is 14.0 Å². The van der Waals surface area contributed by atoms with Crippen LogP contribution >= 0.6 is 0 Å². The smallest absolute Gasteiger partial charge is 0.320 e. The molecule has 6 heteroatoms. The van der Waals surface area contributed by atoms with Gasteiger partial charge in [0.05, 0.1) is 12.2 Å². The van der Waals surface area contributed by atoms with Gasteiger partial charge in [0.1, 0.15) is 13.2 Å². The van der Waals surface area contributed by atoms with Gasteiger partial charge in [-0.15, -0.1) is 0 Å². The van der Waals surface area contributed by atoms with Crippen molar-refractivity contribution in [3.8, 4) is 17.2 Å². The minimum Gasteiger partial charge on any atom is -0.486 e. The van der Waals surface area contributed by atoms with Crippen LogP contribution in [0.2, 0.25) is 0 Å². The van der Waals surface area contributed by atoms with Gasteiger partial charge in [-0.25, -0.2) is 0 Å². The minimum absolute atomic E-state index is 0.357. The third-order valence-corrected chi connectivity index (χ3v) is 4.34. The van der Waals surface area contributed by atoms with E-state index >= 15 is 0 Å². The topological polar surface area (TPSA) is 62.5 Å². The molecule has 0 saturated heterocycles. The molecule has 0 saturated carbocycles. The molecule has 1 aliphatic heterocycles. The molecule has 6 nitrogen and oxygen atoms in total. The Balaban J connectivity index is 1.69. The van der Waals surface area contributed by atoms with E-state index in [2.05, 4.69) is 0 Å². The summed E-state index contributed by atoms with van der Waals surface area (Å²) >= 11 is 0.